The number of rotatable bonds is 2. The molecule has 74 valence electrons. The average Bonchev–Trinajstić information content (AvgIpc) is 2.68. The van der Waals surface area contributed by atoms with E-state index in [2.05, 4.69) is 10.5 Å². The summed E-state index contributed by atoms with van der Waals surface area (Å²) >= 11 is 5.88. The first kappa shape index (κ1) is 9.49. The van der Waals surface area contributed by atoms with Gasteiger partial charge in [0.25, 0.3) is 0 Å². The van der Waals surface area contributed by atoms with Crippen LogP contribution in [0.3, 0.4) is 0 Å². The molecule has 1 N–H and O–H groups in total. The smallest absolute Gasteiger partial charge is 0.198 e. The molecule has 1 atom stereocenters. The molecule has 1 aromatic rings. The summed E-state index contributed by atoms with van der Waals surface area (Å²) in [6.07, 6.45) is 1.38. The number of benzene rings is 1. The van der Waals surface area contributed by atoms with Crippen molar-refractivity contribution in [3.63, 3.8) is 0 Å². The summed E-state index contributed by atoms with van der Waals surface area (Å²) in [6, 6.07) is 8.05. The third-order valence-electron chi connectivity index (χ3n) is 2.28. The lowest BCUT2D eigenvalue weighted by molar-refractivity contribution is 0.137. The Morgan fingerprint density at radius 1 is 1.43 bits per heavy atom. The van der Waals surface area contributed by atoms with Gasteiger partial charge >= 0.3 is 0 Å². The number of hydrogen-bond acceptors (Lipinski definition) is 3. The van der Waals surface area contributed by atoms with Crippen molar-refractivity contribution >= 4 is 18.0 Å². The van der Waals surface area contributed by atoms with E-state index in [4.69, 9.17) is 16.4 Å². The van der Waals surface area contributed by atoms with Crippen molar-refractivity contribution in [3.8, 4) is 0 Å². The summed E-state index contributed by atoms with van der Waals surface area (Å²) in [7, 11) is 0. The van der Waals surface area contributed by atoms with Gasteiger partial charge in [0.05, 0.1) is 5.88 Å². The molecule has 0 amide bonds. The Hall–Kier alpha value is -1.06. The topological polar surface area (TPSA) is 33.6 Å². The highest BCUT2D eigenvalue weighted by molar-refractivity contribution is 6.18. The average molecular weight is 211 g/mol. The van der Waals surface area contributed by atoms with E-state index >= 15 is 0 Å². The molecule has 1 aromatic carbocycles. The summed E-state index contributed by atoms with van der Waals surface area (Å²) in [4.78, 5) is 9.11. The molecule has 0 bridgehead atoms. The first-order valence-corrected chi connectivity index (χ1v) is 4.90. The molecule has 1 unspecified atom stereocenters. The molecule has 0 spiro atoms. The molecule has 0 saturated carbocycles. The van der Waals surface area contributed by atoms with Crippen molar-refractivity contribution in [2.24, 2.45) is 4.99 Å². The first-order chi connectivity index (χ1) is 6.77. The quantitative estimate of drug-likeness (QED) is 0.757. The van der Waals surface area contributed by atoms with Crippen LogP contribution >= 0.6 is 11.6 Å². The predicted octanol–water partition coefficient (Wildman–Crippen LogP) is 1.95. The monoisotopic (exact) mass is 210 g/mol. The summed E-state index contributed by atoms with van der Waals surface area (Å²) < 4.78 is 0. The van der Waals surface area contributed by atoms with Gasteiger partial charge in [-0.05, 0) is 12.5 Å². The molecule has 0 aliphatic carbocycles. The lowest BCUT2D eigenvalue weighted by Gasteiger charge is -2.22. The summed E-state index contributed by atoms with van der Waals surface area (Å²) in [5, 5.41) is 0. The maximum Gasteiger partial charge on any atom is 0.198 e. The third kappa shape index (κ3) is 1.49. The minimum atomic E-state index is -0.616. The van der Waals surface area contributed by atoms with Gasteiger partial charge < -0.3 is 4.84 Å². The van der Waals surface area contributed by atoms with Crippen molar-refractivity contribution in [3.05, 3.63) is 35.4 Å². The number of hydroxylamine groups is 1. The van der Waals surface area contributed by atoms with Crippen LogP contribution in [0.2, 0.25) is 0 Å². The van der Waals surface area contributed by atoms with E-state index in [1.54, 1.807) is 0 Å². The maximum atomic E-state index is 5.88. The Labute approximate surface area is 87.7 Å². The molecule has 0 fully saturated rings. The molecule has 1 aliphatic rings. The van der Waals surface area contributed by atoms with Gasteiger partial charge in [-0.3, -0.25) is 0 Å². The normalized spacial score (nSPS) is 25.0. The van der Waals surface area contributed by atoms with Gasteiger partial charge in [-0.25, -0.2) is 4.99 Å². The Bertz CT molecular complexity index is 350. The van der Waals surface area contributed by atoms with E-state index in [1.807, 2.05) is 31.2 Å². The number of alkyl halides is 1. The van der Waals surface area contributed by atoms with E-state index in [0.717, 1.165) is 5.56 Å². The molecule has 0 saturated heterocycles. The van der Waals surface area contributed by atoms with Crippen molar-refractivity contribution in [2.45, 2.75) is 12.6 Å². The molecule has 2 rings (SSSR count). The SMILES string of the molecule is Cc1ccc(C2(CCl)N=CON2)cc1. The van der Waals surface area contributed by atoms with E-state index < -0.39 is 5.66 Å². The maximum absolute atomic E-state index is 5.88. The van der Waals surface area contributed by atoms with Gasteiger partial charge in [-0.15, -0.1) is 17.1 Å². The molecule has 1 aliphatic heterocycles. The van der Waals surface area contributed by atoms with Gasteiger partial charge in [0.2, 0.25) is 0 Å². The zero-order valence-electron chi connectivity index (χ0n) is 7.83. The van der Waals surface area contributed by atoms with Crippen LogP contribution in [-0.4, -0.2) is 12.3 Å². The number of nitrogens with zero attached hydrogens (tertiary/aromatic N) is 1. The number of aliphatic imine (C=N–C) groups is 1. The largest absolute Gasteiger partial charge is 0.394 e. The van der Waals surface area contributed by atoms with Crippen LogP contribution in [-0.2, 0) is 10.5 Å². The van der Waals surface area contributed by atoms with Crippen molar-refractivity contribution < 1.29 is 4.84 Å². The van der Waals surface area contributed by atoms with E-state index in [9.17, 15) is 0 Å². The minimum absolute atomic E-state index is 0.340. The second-order valence-corrected chi connectivity index (χ2v) is 3.58. The van der Waals surface area contributed by atoms with Crippen LogP contribution in [0.25, 0.3) is 0 Å². The standard InChI is InChI=1S/C10H11ClN2O/c1-8-2-4-9(5-3-8)10(6-11)12-7-14-13-10/h2-5,7,13H,6H2,1H3. The number of hydrogen-bond donors (Lipinski definition) is 1. The van der Waals surface area contributed by atoms with Crippen molar-refractivity contribution in [2.75, 3.05) is 5.88 Å². The van der Waals surface area contributed by atoms with E-state index in [-0.39, 0.29) is 0 Å². The Morgan fingerprint density at radius 3 is 2.64 bits per heavy atom. The Kier molecular flexibility index (Phi) is 2.44. The third-order valence-corrected chi connectivity index (χ3v) is 2.66. The first-order valence-electron chi connectivity index (χ1n) is 4.36. The van der Waals surface area contributed by atoms with Gasteiger partial charge in [0.1, 0.15) is 0 Å². The molecule has 0 aromatic heterocycles. The Morgan fingerprint density at radius 2 is 2.14 bits per heavy atom. The molecule has 3 nitrogen and oxygen atoms in total. The van der Waals surface area contributed by atoms with Crippen LogP contribution in [0.1, 0.15) is 11.1 Å². The highest BCUT2D eigenvalue weighted by atomic mass is 35.5. The molecule has 1 heterocycles. The zero-order valence-corrected chi connectivity index (χ0v) is 8.58. The summed E-state index contributed by atoms with van der Waals surface area (Å²) in [6.45, 7) is 2.04. The highest BCUT2D eigenvalue weighted by Gasteiger charge is 2.34. The molecule has 0 radical (unpaired) electrons. The minimum Gasteiger partial charge on any atom is -0.394 e. The van der Waals surface area contributed by atoms with Crippen LogP contribution in [0.4, 0.5) is 0 Å². The predicted molar refractivity (Wildman–Crippen MR) is 56.3 cm³/mol. The Balaban J connectivity index is 2.37. The molecular weight excluding hydrogens is 200 g/mol. The van der Waals surface area contributed by atoms with Gasteiger partial charge in [0.15, 0.2) is 12.1 Å². The van der Waals surface area contributed by atoms with E-state index in [1.165, 1.54) is 12.0 Å². The van der Waals surface area contributed by atoms with Crippen LogP contribution in [0.5, 0.6) is 0 Å². The fourth-order valence-corrected chi connectivity index (χ4v) is 1.65. The molecule has 4 heteroatoms. The summed E-state index contributed by atoms with van der Waals surface area (Å²) in [5.41, 5.74) is 4.40. The van der Waals surface area contributed by atoms with E-state index in [0.29, 0.717) is 5.88 Å². The second kappa shape index (κ2) is 3.59. The zero-order chi connectivity index (χ0) is 10.0. The van der Waals surface area contributed by atoms with Crippen LogP contribution in [0, 0.1) is 6.92 Å². The van der Waals surface area contributed by atoms with Crippen molar-refractivity contribution in [1.82, 2.24) is 5.48 Å². The van der Waals surface area contributed by atoms with Gasteiger partial charge in [-0.1, -0.05) is 29.8 Å². The van der Waals surface area contributed by atoms with Gasteiger partial charge in [0, 0.05) is 0 Å². The van der Waals surface area contributed by atoms with Crippen LogP contribution < -0.4 is 5.48 Å². The molecular formula is C10H11ClN2O. The lowest BCUT2D eigenvalue weighted by atomic mass is 10.0. The lowest BCUT2D eigenvalue weighted by Crippen LogP contribution is -2.37. The highest BCUT2D eigenvalue weighted by Crippen LogP contribution is 2.26. The number of nitrogens with one attached hydrogen (secondary N) is 1. The number of aryl methyl sites for hydroxylation is 1. The summed E-state index contributed by atoms with van der Waals surface area (Å²) in [5.74, 6) is 0.340. The van der Waals surface area contributed by atoms with Crippen molar-refractivity contribution in [1.29, 1.82) is 0 Å². The fourth-order valence-electron chi connectivity index (χ4n) is 1.37. The van der Waals surface area contributed by atoms with Crippen LogP contribution in [0.15, 0.2) is 29.3 Å². The fraction of sp³-hybridized carbons (Fsp3) is 0.300. The second-order valence-electron chi connectivity index (χ2n) is 3.31. The molecule has 14 heavy (non-hydrogen) atoms. The number of halogens is 1. The van der Waals surface area contributed by atoms with Gasteiger partial charge in [-0.2, -0.15) is 0 Å².